The molecule has 1 aliphatic rings. The van der Waals surface area contributed by atoms with Crippen LogP contribution in [0.3, 0.4) is 0 Å². The van der Waals surface area contributed by atoms with Crippen molar-refractivity contribution in [1.29, 1.82) is 0 Å². The van der Waals surface area contributed by atoms with Crippen LogP contribution in [0.25, 0.3) is 0 Å². The third kappa shape index (κ3) is 1.95. The summed E-state index contributed by atoms with van der Waals surface area (Å²) in [6.45, 7) is 5.43. The van der Waals surface area contributed by atoms with E-state index >= 15 is 0 Å². The van der Waals surface area contributed by atoms with E-state index in [0.29, 0.717) is 5.92 Å². The van der Waals surface area contributed by atoms with Crippen LogP contribution in [0.5, 0.6) is 0 Å². The standard InChI is InChI=1S/C10H18N4/c1-2-6-14-8-12-13-10(14)9-4-3-5-11-7-9/h8-9,11H,2-7H2,1H3/t9-/m1/s1. The number of aromatic nitrogens is 3. The molecule has 2 heterocycles. The molecule has 0 aromatic carbocycles. The fourth-order valence-corrected chi connectivity index (χ4v) is 2.07. The van der Waals surface area contributed by atoms with Crippen LogP contribution >= 0.6 is 0 Å². The van der Waals surface area contributed by atoms with Crippen molar-refractivity contribution in [2.24, 2.45) is 0 Å². The highest BCUT2D eigenvalue weighted by Gasteiger charge is 2.19. The molecule has 4 nitrogen and oxygen atoms in total. The van der Waals surface area contributed by atoms with Gasteiger partial charge in [0.2, 0.25) is 0 Å². The Kier molecular flexibility index (Phi) is 3.14. The van der Waals surface area contributed by atoms with Crippen LogP contribution in [0.15, 0.2) is 6.33 Å². The number of nitrogens with zero attached hydrogens (tertiary/aromatic N) is 3. The van der Waals surface area contributed by atoms with Crippen molar-refractivity contribution in [3.05, 3.63) is 12.2 Å². The first-order valence-electron chi connectivity index (χ1n) is 5.50. The predicted octanol–water partition coefficient (Wildman–Crippen LogP) is 1.16. The lowest BCUT2D eigenvalue weighted by Crippen LogP contribution is -2.30. The Bertz CT molecular complexity index is 275. The lowest BCUT2D eigenvalue weighted by Gasteiger charge is -2.22. The minimum Gasteiger partial charge on any atom is -0.317 e. The molecular weight excluding hydrogens is 176 g/mol. The zero-order chi connectivity index (χ0) is 9.80. The lowest BCUT2D eigenvalue weighted by atomic mass is 9.99. The fourth-order valence-electron chi connectivity index (χ4n) is 2.07. The molecule has 1 atom stereocenters. The summed E-state index contributed by atoms with van der Waals surface area (Å²) in [6.07, 6.45) is 5.50. The van der Waals surface area contributed by atoms with Gasteiger partial charge in [-0.05, 0) is 25.8 Å². The largest absolute Gasteiger partial charge is 0.317 e. The van der Waals surface area contributed by atoms with Crippen LogP contribution in [-0.2, 0) is 6.54 Å². The fraction of sp³-hybridized carbons (Fsp3) is 0.800. The molecule has 0 spiro atoms. The van der Waals surface area contributed by atoms with Crippen LogP contribution in [0.2, 0.25) is 0 Å². The highest BCUT2D eigenvalue weighted by Crippen LogP contribution is 2.20. The Balaban J connectivity index is 2.09. The Morgan fingerprint density at radius 1 is 1.64 bits per heavy atom. The van der Waals surface area contributed by atoms with Crippen molar-refractivity contribution in [3.63, 3.8) is 0 Å². The maximum absolute atomic E-state index is 4.23. The molecule has 0 unspecified atom stereocenters. The van der Waals surface area contributed by atoms with Gasteiger partial charge in [0.25, 0.3) is 0 Å². The normalized spacial score (nSPS) is 22.5. The summed E-state index contributed by atoms with van der Waals surface area (Å²) >= 11 is 0. The summed E-state index contributed by atoms with van der Waals surface area (Å²) in [4.78, 5) is 0. The minimum absolute atomic E-state index is 0.567. The first kappa shape index (κ1) is 9.65. The highest BCUT2D eigenvalue weighted by atomic mass is 15.3. The summed E-state index contributed by atoms with van der Waals surface area (Å²) in [6, 6.07) is 0. The van der Waals surface area contributed by atoms with Gasteiger partial charge in [0.15, 0.2) is 0 Å². The quantitative estimate of drug-likeness (QED) is 0.785. The number of nitrogens with one attached hydrogen (secondary N) is 1. The predicted molar refractivity (Wildman–Crippen MR) is 55.2 cm³/mol. The van der Waals surface area contributed by atoms with Crippen LogP contribution in [0.1, 0.15) is 37.9 Å². The van der Waals surface area contributed by atoms with Crippen molar-refractivity contribution in [3.8, 4) is 0 Å². The number of piperidine rings is 1. The molecule has 1 saturated heterocycles. The summed E-state index contributed by atoms with van der Waals surface area (Å²) < 4.78 is 2.19. The van der Waals surface area contributed by atoms with Crippen molar-refractivity contribution >= 4 is 0 Å². The molecule has 0 bridgehead atoms. The Morgan fingerprint density at radius 3 is 3.29 bits per heavy atom. The average molecular weight is 194 g/mol. The van der Waals surface area contributed by atoms with E-state index in [9.17, 15) is 0 Å². The molecule has 1 fully saturated rings. The van der Waals surface area contributed by atoms with Gasteiger partial charge < -0.3 is 9.88 Å². The van der Waals surface area contributed by atoms with Gasteiger partial charge in [-0.25, -0.2) is 0 Å². The van der Waals surface area contributed by atoms with Crippen molar-refractivity contribution in [2.75, 3.05) is 13.1 Å². The SMILES string of the molecule is CCCn1cnnc1[C@@H]1CCCNC1. The Labute approximate surface area is 84.7 Å². The minimum atomic E-state index is 0.567. The van der Waals surface area contributed by atoms with Gasteiger partial charge >= 0.3 is 0 Å². The molecule has 0 radical (unpaired) electrons. The molecule has 1 aliphatic heterocycles. The first-order valence-corrected chi connectivity index (χ1v) is 5.50. The zero-order valence-corrected chi connectivity index (χ0v) is 8.74. The highest BCUT2D eigenvalue weighted by molar-refractivity contribution is 4.99. The monoisotopic (exact) mass is 194 g/mol. The first-order chi connectivity index (χ1) is 6.92. The van der Waals surface area contributed by atoms with Crippen molar-refractivity contribution in [1.82, 2.24) is 20.1 Å². The smallest absolute Gasteiger partial charge is 0.137 e. The van der Waals surface area contributed by atoms with Crippen LogP contribution < -0.4 is 5.32 Å². The zero-order valence-electron chi connectivity index (χ0n) is 8.74. The van der Waals surface area contributed by atoms with E-state index in [0.717, 1.165) is 26.1 Å². The molecule has 0 saturated carbocycles. The van der Waals surface area contributed by atoms with Gasteiger partial charge in [-0.3, -0.25) is 0 Å². The number of aryl methyl sites for hydroxylation is 1. The Morgan fingerprint density at radius 2 is 2.57 bits per heavy atom. The van der Waals surface area contributed by atoms with E-state index < -0.39 is 0 Å². The van der Waals surface area contributed by atoms with Gasteiger partial charge in [0, 0.05) is 19.0 Å². The van der Waals surface area contributed by atoms with E-state index in [1.54, 1.807) is 0 Å². The van der Waals surface area contributed by atoms with E-state index in [1.165, 1.54) is 18.7 Å². The van der Waals surface area contributed by atoms with E-state index in [4.69, 9.17) is 0 Å². The van der Waals surface area contributed by atoms with Gasteiger partial charge in [-0.1, -0.05) is 6.92 Å². The maximum atomic E-state index is 4.23. The van der Waals surface area contributed by atoms with Crippen LogP contribution in [0.4, 0.5) is 0 Å². The van der Waals surface area contributed by atoms with Crippen LogP contribution in [0, 0.1) is 0 Å². The topological polar surface area (TPSA) is 42.7 Å². The molecule has 0 amide bonds. The third-order valence-electron chi connectivity index (χ3n) is 2.77. The van der Waals surface area contributed by atoms with E-state index in [1.807, 2.05) is 6.33 Å². The maximum Gasteiger partial charge on any atom is 0.137 e. The molecule has 14 heavy (non-hydrogen) atoms. The number of rotatable bonds is 3. The molecule has 2 rings (SSSR count). The van der Waals surface area contributed by atoms with Crippen molar-refractivity contribution < 1.29 is 0 Å². The summed E-state index contributed by atoms with van der Waals surface area (Å²) in [5, 5.41) is 11.6. The van der Waals surface area contributed by atoms with Crippen LogP contribution in [-0.4, -0.2) is 27.9 Å². The lowest BCUT2D eigenvalue weighted by molar-refractivity contribution is 0.430. The van der Waals surface area contributed by atoms with E-state index in [-0.39, 0.29) is 0 Å². The second kappa shape index (κ2) is 4.55. The van der Waals surface area contributed by atoms with Gasteiger partial charge in [-0.15, -0.1) is 10.2 Å². The molecule has 0 aliphatic carbocycles. The molecular formula is C10H18N4. The molecule has 78 valence electrons. The molecule has 1 N–H and O–H groups in total. The summed E-state index contributed by atoms with van der Waals surface area (Å²) in [7, 11) is 0. The second-order valence-corrected chi connectivity index (χ2v) is 3.93. The number of hydrogen-bond acceptors (Lipinski definition) is 3. The summed E-state index contributed by atoms with van der Waals surface area (Å²) in [5.41, 5.74) is 0. The van der Waals surface area contributed by atoms with Gasteiger partial charge in [0.05, 0.1) is 0 Å². The average Bonchev–Trinajstić information content (AvgIpc) is 2.68. The van der Waals surface area contributed by atoms with Gasteiger partial charge in [-0.2, -0.15) is 0 Å². The second-order valence-electron chi connectivity index (χ2n) is 3.93. The third-order valence-corrected chi connectivity index (χ3v) is 2.77. The molecule has 1 aromatic heterocycles. The summed E-state index contributed by atoms with van der Waals surface area (Å²) in [5.74, 6) is 1.73. The van der Waals surface area contributed by atoms with Crippen molar-refractivity contribution in [2.45, 2.75) is 38.6 Å². The molecule has 1 aromatic rings. The Hall–Kier alpha value is -0.900. The van der Waals surface area contributed by atoms with E-state index in [2.05, 4.69) is 27.0 Å². The number of hydrogen-bond donors (Lipinski definition) is 1. The molecule has 4 heteroatoms. The van der Waals surface area contributed by atoms with Gasteiger partial charge in [0.1, 0.15) is 12.2 Å².